The molecule has 1 rings (SSSR count). The lowest BCUT2D eigenvalue weighted by molar-refractivity contribution is -0.132. The standard InChI is InChI=1S/C12H14BrClFNO/c1-12(2,13)11(17)16(3)7-8-9(14)5-4-6-10(8)15/h4-6H,7H2,1-3H3. The molecule has 0 heterocycles. The lowest BCUT2D eigenvalue weighted by Gasteiger charge is -2.25. The summed E-state index contributed by atoms with van der Waals surface area (Å²) in [5, 5.41) is 0.331. The van der Waals surface area contributed by atoms with E-state index in [2.05, 4.69) is 15.9 Å². The van der Waals surface area contributed by atoms with Crippen LogP contribution in [-0.4, -0.2) is 22.2 Å². The molecule has 2 nitrogen and oxygen atoms in total. The fraction of sp³-hybridized carbons (Fsp3) is 0.417. The average Bonchev–Trinajstić information content (AvgIpc) is 2.21. The van der Waals surface area contributed by atoms with E-state index in [4.69, 9.17) is 11.6 Å². The molecule has 0 bridgehead atoms. The van der Waals surface area contributed by atoms with E-state index >= 15 is 0 Å². The fourth-order valence-electron chi connectivity index (χ4n) is 1.45. The Hall–Kier alpha value is -0.610. The summed E-state index contributed by atoms with van der Waals surface area (Å²) >= 11 is 9.18. The summed E-state index contributed by atoms with van der Waals surface area (Å²) in [6.07, 6.45) is 0. The van der Waals surface area contributed by atoms with Crippen LogP contribution in [0.5, 0.6) is 0 Å². The highest BCUT2D eigenvalue weighted by atomic mass is 79.9. The second-order valence-electron chi connectivity index (χ2n) is 4.33. The van der Waals surface area contributed by atoms with Crippen LogP contribution in [0.4, 0.5) is 4.39 Å². The molecule has 0 N–H and O–H groups in total. The van der Waals surface area contributed by atoms with Gasteiger partial charge in [-0.2, -0.15) is 0 Å². The van der Waals surface area contributed by atoms with Gasteiger partial charge in [0, 0.05) is 24.2 Å². The Balaban J connectivity index is 2.89. The molecule has 0 unspecified atom stereocenters. The van der Waals surface area contributed by atoms with Crippen molar-refractivity contribution in [1.82, 2.24) is 4.90 Å². The van der Waals surface area contributed by atoms with Crippen molar-refractivity contribution in [2.45, 2.75) is 24.7 Å². The fourth-order valence-corrected chi connectivity index (χ4v) is 1.97. The van der Waals surface area contributed by atoms with Crippen LogP contribution in [0.2, 0.25) is 5.02 Å². The van der Waals surface area contributed by atoms with Crippen molar-refractivity contribution in [3.05, 3.63) is 34.6 Å². The van der Waals surface area contributed by atoms with Crippen LogP contribution < -0.4 is 0 Å². The number of nitrogens with zero attached hydrogens (tertiary/aromatic N) is 1. The number of hydrogen-bond acceptors (Lipinski definition) is 1. The second-order valence-corrected chi connectivity index (χ2v) is 6.72. The van der Waals surface area contributed by atoms with Gasteiger partial charge in [0.25, 0.3) is 0 Å². The summed E-state index contributed by atoms with van der Waals surface area (Å²) in [4.78, 5) is 13.3. The molecule has 0 radical (unpaired) electrons. The molecule has 0 fully saturated rings. The third-order valence-corrected chi connectivity index (χ3v) is 3.01. The number of carbonyl (C=O) groups excluding carboxylic acids is 1. The average molecular weight is 323 g/mol. The molecule has 0 saturated carbocycles. The number of hydrogen-bond donors (Lipinski definition) is 0. The Morgan fingerprint density at radius 1 is 1.53 bits per heavy atom. The maximum Gasteiger partial charge on any atom is 0.238 e. The molecule has 5 heteroatoms. The van der Waals surface area contributed by atoms with E-state index in [-0.39, 0.29) is 12.5 Å². The molecule has 0 aliphatic carbocycles. The topological polar surface area (TPSA) is 20.3 Å². The van der Waals surface area contributed by atoms with Crippen LogP contribution in [0.3, 0.4) is 0 Å². The SMILES string of the molecule is CN(Cc1c(F)cccc1Cl)C(=O)C(C)(C)Br. The van der Waals surface area contributed by atoms with Crippen molar-refractivity contribution in [1.29, 1.82) is 0 Å². The van der Waals surface area contributed by atoms with E-state index in [9.17, 15) is 9.18 Å². The molecule has 0 saturated heterocycles. The minimum absolute atomic E-state index is 0.128. The van der Waals surface area contributed by atoms with Crippen LogP contribution in [0.1, 0.15) is 19.4 Å². The second kappa shape index (κ2) is 5.36. The molecule has 0 aliphatic rings. The summed E-state index contributed by atoms with van der Waals surface area (Å²) in [5.41, 5.74) is 0.335. The van der Waals surface area contributed by atoms with Crippen molar-refractivity contribution in [3.63, 3.8) is 0 Å². The Morgan fingerprint density at radius 2 is 2.12 bits per heavy atom. The van der Waals surface area contributed by atoms with Crippen LogP contribution >= 0.6 is 27.5 Å². The molecule has 0 aliphatic heterocycles. The molecule has 1 aromatic carbocycles. The first-order valence-corrected chi connectivity index (χ1v) is 6.28. The third-order valence-electron chi connectivity index (χ3n) is 2.31. The molecular weight excluding hydrogens is 308 g/mol. The predicted molar refractivity (Wildman–Crippen MR) is 70.9 cm³/mol. The summed E-state index contributed by atoms with van der Waals surface area (Å²) in [6.45, 7) is 3.64. The molecule has 94 valence electrons. The first-order valence-electron chi connectivity index (χ1n) is 5.11. The Labute approximate surface area is 114 Å². The van der Waals surface area contributed by atoms with Crippen molar-refractivity contribution in [2.24, 2.45) is 0 Å². The highest BCUT2D eigenvalue weighted by Gasteiger charge is 2.27. The summed E-state index contributed by atoms with van der Waals surface area (Å²) in [6, 6.07) is 4.48. The van der Waals surface area contributed by atoms with E-state index in [0.29, 0.717) is 10.6 Å². The Morgan fingerprint density at radius 3 is 2.59 bits per heavy atom. The zero-order valence-corrected chi connectivity index (χ0v) is 12.3. The molecule has 1 aromatic rings. The Kier molecular flexibility index (Phi) is 4.55. The zero-order valence-electron chi connectivity index (χ0n) is 9.93. The first kappa shape index (κ1) is 14.5. The Bertz CT molecular complexity index is 411. The molecule has 17 heavy (non-hydrogen) atoms. The van der Waals surface area contributed by atoms with Crippen LogP contribution in [0.15, 0.2) is 18.2 Å². The minimum atomic E-state index is -0.667. The lowest BCUT2D eigenvalue weighted by atomic mass is 10.1. The maximum atomic E-state index is 13.5. The van der Waals surface area contributed by atoms with Crippen LogP contribution in [-0.2, 0) is 11.3 Å². The van der Waals surface area contributed by atoms with Gasteiger partial charge in [0.2, 0.25) is 5.91 Å². The maximum absolute atomic E-state index is 13.5. The summed E-state index contributed by atoms with van der Waals surface area (Å²) in [7, 11) is 1.62. The number of halogens is 3. The van der Waals surface area contributed by atoms with E-state index in [1.54, 1.807) is 27.0 Å². The van der Waals surface area contributed by atoms with Crippen LogP contribution in [0, 0.1) is 5.82 Å². The number of benzene rings is 1. The van der Waals surface area contributed by atoms with Gasteiger partial charge in [-0.15, -0.1) is 0 Å². The normalized spacial score (nSPS) is 11.4. The third kappa shape index (κ3) is 3.68. The van der Waals surface area contributed by atoms with E-state index in [0.717, 1.165) is 0 Å². The van der Waals surface area contributed by atoms with E-state index in [1.165, 1.54) is 17.0 Å². The van der Waals surface area contributed by atoms with E-state index in [1.807, 2.05) is 0 Å². The zero-order chi connectivity index (χ0) is 13.2. The van der Waals surface area contributed by atoms with Gasteiger partial charge in [0.05, 0.1) is 4.32 Å². The van der Waals surface area contributed by atoms with Crippen LogP contribution in [0.25, 0.3) is 0 Å². The van der Waals surface area contributed by atoms with Gasteiger partial charge in [-0.05, 0) is 26.0 Å². The quantitative estimate of drug-likeness (QED) is 0.779. The van der Waals surface area contributed by atoms with Crippen molar-refractivity contribution in [2.75, 3.05) is 7.05 Å². The van der Waals surface area contributed by atoms with Crippen molar-refractivity contribution >= 4 is 33.4 Å². The summed E-state index contributed by atoms with van der Waals surface area (Å²) < 4.78 is 12.9. The molecular formula is C12H14BrClFNO. The molecule has 0 aromatic heterocycles. The number of carbonyl (C=O) groups is 1. The summed E-state index contributed by atoms with van der Waals surface area (Å²) in [5.74, 6) is -0.527. The van der Waals surface area contributed by atoms with Gasteiger partial charge in [-0.1, -0.05) is 33.6 Å². The number of alkyl halides is 1. The largest absolute Gasteiger partial charge is 0.340 e. The predicted octanol–water partition coefficient (Wildman–Crippen LogP) is 3.61. The van der Waals surface area contributed by atoms with Gasteiger partial charge < -0.3 is 4.90 Å². The van der Waals surface area contributed by atoms with Gasteiger partial charge in [0.1, 0.15) is 5.82 Å². The van der Waals surface area contributed by atoms with Crippen molar-refractivity contribution in [3.8, 4) is 0 Å². The molecule has 1 amide bonds. The highest BCUT2D eigenvalue weighted by Crippen LogP contribution is 2.23. The molecule has 0 atom stereocenters. The number of amides is 1. The van der Waals surface area contributed by atoms with E-state index < -0.39 is 10.1 Å². The first-order chi connectivity index (χ1) is 7.73. The molecule has 0 spiro atoms. The minimum Gasteiger partial charge on any atom is -0.340 e. The van der Waals surface area contributed by atoms with Crippen molar-refractivity contribution < 1.29 is 9.18 Å². The smallest absolute Gasteiger partial charge is 0.238 e. The number of rotatable bonds is 3. The monoisotopic (exact) mass is 321 g/mol. The van der Waals surface area contributed by atoms with Gasteiger partial charge >= 0.3 is 0 Å². The highest BCUT2D eigenvalue weighted by molar-refractivity contribution is 9.10. The lowest BCUT2D eigenvalue weighted by Crippen LogP contribution is -2.38. The van der Waals surface area contributed by atoms with Gasteiger partial charge in [-0.25, -0.2) is 4.39 Å². The van der Waals surface area contributed by atoms with Gasteiger partial charge in [-0.3, -0.25) is 4.79 Å². The van der Waals surface area contributed by atoms with Gasteiger partial charge in [0.15, 0.2) is 0 Å².